The van der Waals surface area contributed by atoms with Gasteiger partial charge in [0.1, 0.15) is 18.2 Å². The van der Waals surface area contributed by atoms with Gasteiger partial charge in [-0.15, -0.1) is 0 Å². The molecule has 1 aromatic rings. The second-order valence-corrected chi connectivity index (χ2v) is 5.22. The molecule has 1 fully saturated rings. The fourth-order valence-corrected chi connectivity index (χ4v) is 2.51. The molecule has 1 aliphatic rings. The molecule has 20 heavy (non-hydrogen) atoms. The Hall–Kier alpha value is -1.62. The van der Waals surface area contributed by atoms with E-state index in [-0.39, 0.29) is 23.7 Å². The molecular formula is C15H21FN2O2. The van der Waals surface area contributed by atoms with Gasteiger partial charge in [0, 0.05) is 18.0 Å². The predicted molar refractivity (Wildman–Crippen MR) is 74.8 cm³/mol. The van der Waals surface area contributed by atoms with Gasteiger partial charge in [-0.25, -0.2) is 4.39 Å². The largest absolute Gasteiger partial charge is 0.492 e. The summed E-state index contributed by atoms with van der Waals surface area (Å²) in [7, 11) is 0. The van der Waals surface area contributed by atoms with Gasteiger partial charge in [0.05, 0.1) is 6.54 Å². The maximum absolute atomic E-state index is 12.9. The summed E-state index contributed by atoms with van der Waals surface area (Å²) in [5.74, 6) is 0.206. The van der Waals surface area contributed by atoms with Gasteiger partial charge >= 0.3 is 0 Å². The van der Waals surface area contributed by atoms with E-state index >= 15 is 0 Å². The molecule has 3 N–H and O–H groups in total. The monoisotopic (exact) mass is 280 g/mol. The molecule has 0 aliphatic heterocycles. The number of nitrogens with one attached hydrogen (secondary N) is 1. The van der Waals surface area contributed by atoms with Gasteiger partial charge in [-0.1, -0.05) is 12.5 Å². The second kappa shape index (κ2) is 7.24. The quantitative estimate of drug-likeness (QED) is 0.809. The number of benzene rings is 1. The van der Waals surface area contributed by atoms with Crippen LogP contribution < -0.4 is 15.8 Å². The smallest absolute Gasteiger partial charge is 0.223 e. The van der Waals surface area contributed by atoms with Crippen LogP contribution in [0.4, 0.5) is 4.39 Å². The Bertz CT molecular complexity index is 453. The van der Waals surface area contributed by atoms with E-state index in [1.165, 1.54) is 12.1 Å². The molecule has 1 saturated carbocycles. The minimum absolute atomic E-state index is 0.0212. The van der Waals surface area contributed by atoms with Crippen LogP contribution in [0, 0.1) is 11.7 Å². The van der Waals surface area contributed by atoms with Crippen LogP contribution in [0.2, 0.25) is 0 Å². The Morgan fingerprint density at radius 3 is 3.05 bits per heavy atom. The molecule has 0 radical (unpaired) electrons. The van der Waals surface area contributed by atoms with Gasteiger partial charge in [-0.2, -0.15) is 0 Å². The molecular weight excluding hydrogens is 259 g/mol. The van der Waals surface area contributed by atoms with Crippen molar-refractivity contribution in [3.63, 3.8) is 0 Å². The van der Waals surface area contributed by atoms with E-state index in [4.69, 9.17) is 10.5 Å². The van der Waals surface area contributed by atoms with Crippen molar-refractivity contribution in [2.75, 3.05) is 13.2 Å². The van der Waals surface area contributed by atoms with Crippen molar-refractivity contribution in [2.45, 2.75) is 31.7 Å². The molecule has 0 saturated heterocycles. The van der Waals surface area contributed by atoms with Crippen LogP contribution in [0.3, 0.4) is 0 Å². The van der Waals surface area contributed by atoms with Crippen molar-refractivity contribution in [3.8, 4) is 5.75 Å². The Morgan fingerprint density at radius 2 is 2.30 bits per heavy atom. The van der Waals surface area contributed by atoms with Gasteiger partial charge in [-0.05, 0) is 31.4 Å². The van der Waals surface area contributed by atoms with E-state index in [2.05, 4.69) is 5.32 Å². The Kier molecular flexibility index (Phi) is 5.35. The lowest BCUT2D eigenvalue weighted by molar-refractivity contribution is -0.126. The number of carbonyl (C=O) groups excluding carboxylic acids is 1. The summed E-state index contributed by atoms with van der Waals surface area (Å²) in [6.07, 6.45) is 3.69. The van der Waals surface area contributed by atoms with E-state index in [0.29, 0.717) is 18.9 Å². The Balaban J connectivity index is 1.66. The molecule has 2 atom stereocenters. The molecule has 1 aliphatic carbocycles. The Morgan fingerprint density at radius 1 is 1.45 bits per heavy atom. The number of hydrogen-bond acceptors (Lipinski definition) is 3. The second-order valence-electron chi connectivity index (χ2n) is 5.22. The Labute approximate surface area is 118 Å². The fourth-order valence-electron chi connectivity index (χ4n) is 2.51. The molecule has 5 heteroatoms. The molecule has 2 unspecified atom stereocenters. The third-order valence-electron chi connectivity index (χ3n) is 3.55. The van der Waals surface area contributed by atoms with Crippen molar-refractivity contribution in [1.29, 1.82) is 0 Å². The maximum atomic E-state index is 12.9. The lowest BCUT2D eigenvalue weighted by atomic mass is 9.85. The van der Waals surface area contributed by atoms with Crippen LogP contribution in [0.5, 0.6) is 5.75 Å². The molecule has 1 aromatic carbocycles. The van der Waals surface area contributed by atoms with Gasteiger partial charge < -0.3 is 15.8 Å². The first kappa shape index (κ1) is 14.8. The van der Waals surface area contributed by atoms with Crippen LogP contribution in [0.1, 0.15) is 25.7 Å². The summed E-state index contributed by atoms with van der Waals surface area (Å²) >= 11 is 0. The number of carbonyl (C=O) groups is 1. The van der Waals surface area contributed by atoms with Gasteiger partial charge in [-0.3, -0.25) is 4.79 Å². The lowest BCUT2D eigenvalue weighted by Crippen LogP contribution is -2.39. The normalized spacial score (nSPS) is 22.3. The first-order chi connectivity index (χ1) is 9.65. The minimum Gasteiger partial charge on any atom is -0.492 e. The molecule has 0 bridgehead atoms. The summed E-state index contributed by atoms with van der Waals surface area (Å²) in [6.45, 7) is 0.745. The topological polar surface area (TPSA) is 64.4 Å². The van der Waals surface area contributed by atoms with Crippen LogP contribution in [-0.4, -0.2) is 25.1 Å². The summed E-state index contributed by atoms with van der Waals surface area (Å²) in [4.78, 5) is 11.9. The first-order valence-electron chi connectivity index (χ1n) is 7.07. The zero-order valence-corrected chi connectivity index (χ0v) is 11.5. The average molecular weight is 280 g/mol. The highest BCUT2D eigenvalue weighted by atomic mass is 19.1. The van der Waals surface area contributed by atoms with E-state index in [9.17, 15) is 9.18 Å². The number of ether oxygens (including phenoxy) is 1. The summed E-state index contributed by atoms with van der Waals surface area (Å²) < 4.78 is 18.3. The zero-order valence-electron chi connectivity index (χ0n) is 11.5. The SMILES string of the molecule is NC1CCCC(C(=O)NCCOc2cccc(F)c2)C1. The van der Waals surface area contributed by atoms with Crippen molar-refractivity contribution < 1.29 is 13.9 Å². The summed E-state index contributed by atoms with van der Waals surface area (Å²) in [5, 5.41) is 2.84. The molecule has 0 spiro atoms. The van der Waals surface area contributed by atoms with E-state index in [1.807, 2.05) is 0 Å². The van der Waals surface area contributed by atoms with Crippen LogP contribution in [-0.2, 0) is 4.79 Å². The highest BCUT2D eigenvalue weighted by molar-refractivity contribution is 5.78. The average Bonchev–Trinajstić information content (AvgIpc) is 2.43. The first-order valence-corrected chi connectivity index (χ1v) is 7.07. The van der Waals surface area contributed by atoms with Gasteiger partial charge in [0.15, 0.2) is 0 Å². The standard InChI is InChI=1S/C15H21FN2O2/c16-12-4-2-6-14(10-12)20-8-7-18-15(19)11-3-1-5-13(17)9-11/h2,4,6,10-11,13H,1,3,5,7-9,17H2,(H,18,19). The number of halogens is 1. The van der Waals surface area contributed by atoms with Crippen molar-refractivity contribution in [2.24, 2.45) is 11.7 Å². The van der Waals surface area contributed by atoms with Crippen molar-refractivity contribution in [3.05, 3.63) is 30.1 Å². The highest BCUT2D eigenvalue weighted by Crippen LogP contribution is 2.23. The van der Waals surface area contributed by atoms with Crippen LogP contribution in [0.15, 0.2) is 24.3 Å². The van der Waals surface area contributed by atoms with Gasteiger partial charge in [0.25, 0.3) is 0 Å². The third kappa shape index (κ3) is 4.49. The summed E-state index contributed by atoms with van der Waals surface area (Å²) in [6, 6.07) is 6.10. The van der Waals surface area contributed by atoms with Crippen LogP contribution >= 0.6 is 0 Å². The summed E-state index contributed by atoms with van der Waals surface area (Å²) in [5.41, 5.74) is 5.87. The molecule has 0 aromatic heterocycles. The zero-order chi connectivity index (χ0) is 14.4. The van der Waals surface area contributed by atoms with Crippen molar-refractivity contribution >= 4 is 5.91 Å². The number of hydrogen-bond donors (Lipinski definition) is 2. The van der Waals surface area contributed by atoms with Crippen molar-refractivity contribution in [1.82, 2.24) is 5.32 Å². The van der Waals surface area contributed by atoms with E-state index in [1.54, 1.807) is 12.1 Å². The molecule has 4 nitrogen and oxygen atoms in total. The highest BCUT2D eigenvalue weighted by Gasteiger charge is 2.24. The molecule has 110 valence electrons. The third-order valence-corrected chi connectivity index (χ3v) is 3.55. The fraction of sp³-hybridized carbons (Fsp3) is 0.533. The molecule has 0 heterocycles. The number of amides is 1. The maximum Gasteiger partial charge on any atom is 0.223 e. The van der Waals surface area contributed by atoms with Crippen LogP contribution in [0.25, 0.3) is 0 Å². The predicted octanol–water partition coefficient (Wildman–Crippen LogP) is 1.84. The minimum atomic E-state index is -0.331. The van der Waals surface area contributed by atoms with Gasteiger partial charge in [0.2, 0.25) is 5.91 Å². The molecule has 1 amide bonds. The number of rotatable bonds is 5. The lowest BCUT2D eigenvalue weighted by Gasteiger charge is -2.25. The van der Waals surface area contributed by atoms with E-state index < -0.39 is 0 Å². The molecule has 2 rings (SSSR count). The van der Waals surface area contributed by atoms with E-state index in [0.717, 1.165) is 25.7 Å². The number of nitrogens with two attached hydrogens (primary N) is 1.